The molecule has 0 aliphatic heterocycles. The minimum absolute atomic E-state index is 0.0288. The van der Waals surface area contributed by atoms with Gasteiger partial charge in [-0.1, -0.05) is 12.2 Å². The van der Waals surface area contributed by atoms with Crippen LogP contribution in [-0.2, 0) is 4.79 Å². The first-order chi connectivity index (χ1) is 5.33. The molecule has 0 saturated carbocycles. The van der Waals surface area contributed by atoms with Gasteiger partial charge in [-0.2, -0.15) is 0 Å². The lowest BCUT2D eigenvalue weighted by Crippen LogP contribution is -2.24. The summed E-state index contributed by atoms with van der Waals surface area (Å²) < 4.78 is 0. The number of amides is 1. The summed E-state index contributed by atoms with van der Waals surface area (Å²) in [6.45, 7) is 0. The summed E-state index contributed by atoms with van der Waals surface area (Å²) in [5, 5.41) is 2.71. The Bertz CT molecular complexity index is 208. The van der Waals surface area contributed by atoms with Crippen LogP contribution in [-0.4, -0.2) is 11.8 Å². The highest BCUT2D eigenvalue weighted by Crippen LogP contribution is 2.07. The summed E-state index contributed by atoms with van der Waals surface area (Å²) >= 11 is 5.31. The number of allylic oxidation sites excluding steroid dienone is 4. The second kappa shape index (κ2) is 4.19. The lowest BCUT2D eigenvalue weighted by molar-refractivity contribution is -0.118. The molecule has 0 heterocycles. The third-order valence-corrected chi connectivity index (χ3v) is 1.68. The maximum Gasteiger partial charge on any atom is 0.239 e. The van der Waals surface area contributed by atoms with Crippen molar-refractivity contribution in [3.8, 4) is 0 Å². The summed E-state index contributed by atoms with van der Waals surface area (Å²) in [5.74, 6) is -0.102. The molecule has 0 fully saturated rings. The zero-order valence-corrected chi connectivity index (χ0v) is 6.90. The molecule has 0 aromatic heterocycles. The van der Waals surface area contributed by atoms with Gasteiger partial charge in [0.15, 0.2) is 0 Å². The van der Waals surface area contributed by atoms with Crippen molar-refractivity contribution < 1.29 is 4.79 Å². The van der Waals surface area contributed by atoms with Gasteiger partial charge >= 0.3 is 0 Å². The van der Waals surface area contributed by atoms with Crippen LogP contribution < -0.4 is 5.32 Å². The van der Waals surface area contributed by atoms with Gasteiger partial charge in [-0.05, 0) is 18.9 Å². The molecular formula is C8H10ClNO. The predicted molar refractivity (Wildman–Crippen MR) is 45.3 cm³/mol. The van der Waals surface area contributed by atoms with E-state index in [2.05, 4.69) is 11.4 Å². The number of alkyl halides is 1. The van der Waals surface area contributed by atoms with Crippen LogP contribution in [0.25, 0.3) is 0 Å². The van der Waals surface area contributed by atoms with E-state index in [1.807, 2.05) is 12.2 Å². The molecule has 3 heteroatoms. The van der Waals surface area contributed by atoms with Crippen LogP contribution in [0, 0.1) is 0 Å². The monoisotopic (exact) mass is 171 g/mol. The van der Waals surface area contributed by atoms with E-state index in [0.29, 0.717) is 0 Å². The fourth-order valence-electron chi connectivity index (χ4n) is 0.919. The third kappa shape index (κ3) is 2.76. The number of carbonyl (C=O) groups is 1. The molecule has 1 amide bonds. The standard InChI is InChI=1S/C8H10ClNO/c9-6-8(11)10-7-4-2-1-3-5-7/h1-2,4H,3,5-6H2,(H,10,11). The van der Waals surface area contributed by atoms with Gasteiger partial charge < -0.3 is 5.32 Å². The predicted octanol–water partition coefficient (Wildman–Crippen LogP) is 1.58. The van der Waals surface area contributed by atoms with Crippen LogP contribution in [0.1, 0.15) is 12.8 Å². The average molecular weight is 172 g/mol. The van der Waals surface area contributed by atoms with Crippen LogP contribution in [0.4, 0.5) is 0 Å². The lowest BCUT2D eigenvalue weighted by Gasteiger charge is -2.08. The quantitative estimate of drug-likeness (QED) is 0.628. The number of nitrogens with one attached hydrogen (secondary N) is 1. The van der Waals surface area contributed by atoms with Gasteiger partial charge in [-0.15, -0.1) is 11.6 Å². The molecule has 0 spiro atoms. The van der Waals surface area contributed by atoms with Crippen LogP contribution in [0.15, 0.2) is 23.9 Å². The molecule has 0 radical (unpaired) electrons. The first kappa shape index (κ1) is 8.34. The van der Waals surface area contributed by atoms with E-state index in [0.717, 1.165) is 18.5 Å². The van der Waals surface area contributed by atoms with Gasteiger partial charge in [0.2, 0.25) is 5.91 Å². The number of hydrogen-bond donors (Lipinski definition) is 1. The Morgan fingerprint density at radius 1 is 1.73 bits per heavy atom. The van der Waals surface area contributed by atoms with Gasteiger partial charge in [0.25, 0.3) is 0 Å². The SMILES string of the molecule is O=C(CCl)NC1=CC=CCC1. The van der Waals surface area contributed by atoms with Gasteiger partial charge in [-0.3, -0.25) is 4.79 Å². The van der Waals surface area contributed by atoms with E-state index in [1.165, 1.54) is 0 Å². The Kier molecular flexibility index (Phi) is 3.17. The largest absolute Gasteiger partial charge is 0.329 e. The molecule has 0 saturated heterocycles. The Balaban J connectivity index is 2.42. The molecule has 1 aliphatic carbocycles. The number of rotatable bonds is 2. The van der Waals surface area contributed by atoms with Crippen molar-refractivity contribution in [3.63, 3.8) is 0 Å². The molecule has 1 aliphatic rings. The zero-order chi connectivity index (χ0) is 8.10. The van der Waals surface area contributed by atoms with Gasteiger partial charge in [0.1, 0.15) is 5.88 Å². The van der Waals surface area contributed by atoms with Crippen molar-refractivity contribution in [1.82, 2.24) is 5.32 Å². The van der Waals surface area contributed by atoms with E-state index >= 15 is 0 Å². The van der Waals surface area contributed by atoms with E-state index in [-0.39, 0.29) is 11.8 Å². The van der Waals surface area contributed by atoms with Gasteiger partial charge in [0.05, 0.1) is 0 Å². The van der Waals surface area contributed by atoms with Crippen LogP contribution in [0.2, 0.25) is 0 Å². The number of hydrogen-bond acceptors (Lipinski definition) is 1. The average Bonchev–Trinajstić information content (AvgIpc) is 2.06. The summed E-state index contributed by atoms with van der Waals surface area (Å²) in [6.07, 6.45) is 7.80. The summed E-state index contributed by atoms with van der Waals surface area (Å²) in [7, 11) is 0. The van der Waals surface area contributed by atoms with Crippen molar-refractivity contribution in [2.24, 2.45) is 0 Å². The second-order valence-electron chi connectivity index (χ2n) is 2.34. The van der Waals surface area contributed by atoms with Gasteiger partial charge in [-0.25, -0.2) is 0 Å². The van der Waals surface area contributed by atoms with Crippen molar-refractivity contribution in [2.45, 2.75) is 12.8 Å². The minimum atomic E-state index is -0.131. The molecule has 2 nitrogen and oxygen atoms in total. The van der Waals surface area contributed by atoms with Crippen molar-refractivity contribution >= 4 is 17.5 Å². The molecule has 1 rings (SSSR count). The maximum atomic E-state index is 10.8. The van der Waals surface area contributed by atoms with E-state index in [1.54, 1.807) is 0 Å². The highest BCUT2D eigenvalue weighted by atomic mass is 35.5. The summed E-state index contributed by atoms with van der Waals surface area (Å²) in [6, 6.07) is 0. The van der Waals surface area contributed by atoms with Crippen LogP contribution in [0.3, 0.4) is 0 Å². The van der Waals surface area contributed by atoms with Crippen molar-refractivity contribution in [1.29, 1.82) is 0 Å². The normalized spacial score (nSPS) is 15.9. The molecule has 0 atom stereocenters. The Labute approximate surface area is 70.9 Å². The lowest BCUT2D eigenvalue weighted by atomic mass is 10.1. The fraction of sp³-hybridized carbons (Fsp3) is 0.375. The minimum Gasteiger partial charge on any atom is -0.329 e. The summed E-state index contributed by atoms with van der Waals surface area (Å²) in [4.78, 5) is 10.8. The highest BCUT2D eigenvalue weighted by Gasteiger charge is 2.02. The van der Waals surface area contributed by atoms with E-state index in [4.69, 9.17) is 11.6 Å². The highest BCUT2D eigenvalue weighted by molar-refractivity contribution is 6.27. The molecule has 0 unspecified atom stereocenters. The summed E-state index contributed by atoms with van der Waals surface area (Å²) in [5.41, 5.74) is 0.957. The smallest absolute Gasteiger partial charge is 0.239 e. The molecule has 0 aromatic rings. The van der Waals surface area contributed by atoms with Crippen molar-refractivity contribution in [3.05, 3.63) is 23.9 Å². The van der Waals surface area contributed by atoms with Crippen LogP contribution in [0.5, 0.6) is 0 Å². The topological polar surface area (TPSA) is 29.1 Å². The Morgan fingerprint density at radius 2 is 2.55 bits per heavy atom. The van der Waals surface area contributed by atoms with E-state index in [9.17, 15) is 4.79 Å². The van der Waals surface area contributed by atoms with E-state index < -0.39 is 0 Å². The van der Waals surface area contributed by atoms with Gasteiger partial charge in [0, 0.05) is 5.70 Å². The second-order valence-corrected chi connectivity index (χ2v) is 2.61. The zero-order valence-electron chi connectivity index (χ0n) is 6.14. The first-order valence-electron chi connectivity index (χ1n) is 3.54. The molecular weight excluding hydrogens is 162 g/mol. The molecule has 1 N–H and O–H groups in total. The number of halogens is 1. The number of carbonyl (C=O) groups excluding carboxylic acids is 1. The first-order valence-corrected chi connectivity index (χ1v) is 4.08. The maximum absolute atomic E-state index is 10.8. The Morgan fingerprint density at radius 3 is 3.09 bits per heavy atom. The Hall–Kier alpha value is -0.760. The molecule has 0 bridgehead atoms. The molecule has 11 heavy (non-hydrogen) atoms. The van der Waals surface area contributed by atoms with Crippen molar-refractivity contribution in [2.75, 3.05) is 5.88 Å². The third-order valence-electron chi connectivity index (χ3n) is 1.44. The molecule has 0 aromatic carbocycles. The fourth-order valence-corrected chi connectivity index (χ4v) is 0.986. The molecule has 60 valence electrons. The van der Waals surface area contributed by atoms with Crippen LogP contribution >= 0.6 is 11.6 Å².